The Labute approximate surface area is 240 Å². The highest BCUT2D eigenvalue weighted by atomic mass is 16.6. The Hall–Kier alpha value is -1.96. The molecule has 40 heavy (non-hydrogen) atoms. The fourth-order valence-electron chi connectivity index (χ4n) is 9.67. The van der Waals surface area contributed by atoms with Gasteiger partial charge in [-0.25, -0.2) is 4.98 Å². The van der Waals surface area contributed by atoms with Crippen LogP contribution in [0.4, 0.5) is 5.82 Å². The second-order valence-corrected chi connectivity index (χ2v) is 14.0. The first-order valence-electron chi connectivity index (χ1n) is 15.9. The van der Waals surface area contributed by atoms with E-state index in [1.54, 1.807) is 5.57 Å². The molecular weight excluding hydrogens is 500 g/mol. The molecule has 0 aromatic carbocycles. The van der Waals surface area contributed by atoms with Crippen LogP contribution < -0.4 is 4.90 Å². The molecule has 1 aliphatic heterocycles. The largest absolute Gasteiger partial charge is 0.393 e. The third-order valence-corrected chi connectivity index (χ3v) is 11.9. The van der Waals surface area contributed by atoms with Gasteiger partial charge in [0.15, 0.2) is 0 Å². The number of fused-ring (bicyclic) bond motifs is 5. The van der Waals surface area contributed by atoms with Crippen molar-refractivity contribution in [3.05, 3.63) is 36.0 Å². The molecule has 0 spiro atoms. The van der Waals surface area contributed by atoms with Crippen LogP contribution in [-0.2, 0) is 4.84 Å². The number of β-amino-alcohol motifs (C(OH)–C–C–N with tert-alkyl or cyclic N) is 1. The van der Waals surface area contributed by atoms with E-state index in [-0.39, 0.29) is 23.5 Å². The summed E-state index contributed by atoms with van der Waals surface area (Å²) in [5.41, 5.74) is 3.22. The zero-order chi connectivity index (χ0) is 27.9. The van der Waals surface area contributed by atoms with Gasteiger partial charge in [-0.3, -0.25) is 4.90 Å². The van der Waals surface area contributed by atoms with Gasteiger partial charge in [-0.05, 0) is 99.0 Å². The van der Waals surface area contributed by atoms with Gasteiger partial charge >= 0.3 is 0 Å². The smallest absolute Gasteiger partial charge is 0.144 e. The SMILES string of the molecule is C/C(=N/OCC(O)CN1CCN(c2ccccn2)CC1)C1CCC2C3CC=C4CC(O)CCC4(C)C3CCC12C. The Morgan fingerprint density at radius 2 is 1.93 bits per heavy atom. The third-order valence-electron chi connectivity index (χ3n) is 11.9. The van der Waals surface area contributed by atoms with Crippen molar-refractivity contribution in [2.45, 2.75) is 84.3 Å². The van der Waals surface area contributed by atoms with Crippen LogP contribution in [0.25, 0.3) is 0 Å². The number of hydrogen-bond donors (Lipinski definition) is 2. The molecule has 7 nitrogen and oxygen atoms in total. The van der Waals surface area contributed by atoms with Crippen LogP contribution in [0, 0.1) is 34.5 Å². The number of aliphatic hydroxyl groups excluding tert-OH is 2. The lowest BCUT2D eigenvalue weighted by atomic mass is 9.47. The molecular formula is C33H50N4O3. The maximum Gasteiger partial charge on any atom is 0.144 e. The van der Waals surface area contributed by atoms with Gasteiger partial charge < -0.3 is 20.0 Å². The molecule has 1 saturated heterocycles. The van der Waals surface area contributed by atoms with Gasteiger partial charge in [-0.1, -0.05) is 36.7 Å². The molecule has 0 amide bonds. The number of piperazine rings is 1. The van der Waals surface area contributed by atoms with Gasteiger partial charge in [0.1, 0.15) is 18.5 Å². The van der Waals surface area contributed by atoms with E-state index in [1.807, 2.05) is 18.3 Å². The second-order valence-electron chi connectivity index (χ2n) is 14.0. The Kier molecular flexibility index (Phi) is 8.01. The molecule has 2 heterocycles. The fourth-order valence-corrected chi connectivity index (χ4v) is 9.67. The molecule has 1 aromatic heterocycles. The van der Waals surface area contributed by atoms with Crippen LogP contribution >= 0.6 is 0 Å². The predicted octanol–water partition coefficient (Wildman–Crippen LogP) is 4.90. The number of nitrogens with zero attached hydrogens (tertiary/aromatic N) is 4. The van der Waals surface area contributed by atoms with E-state index in [0.717, 1.165) is 74.7 Å². The second kappa shape index (κ2) is 11.4. The maximum absolute atomic E-state index is 10.7. The highest BCUT2D eigenvalue weighted by Crippen LogP contribution is 2.66. The Morgan fingerprint density at radius 1 is 1.10 bits per heavy atom. The summed E-state index contributed by atoms with van der Waals surface area (Å²) in [6.07, 6.45) is 12.9. The van der Waals surface area contributed by atoms with Crippen molar-refractivity contribution in [3.8, 4) is 0 Å². The normalized spacial score (nSPS) is 39.1. The van der Waals surface area contributed by atoms with Crippen LogP contribution in [0.3, 0.4) is 0 Å². The topological polar surface area (TPSA) is 81.4 Å². The highest BCUT2D eigenvalue weighted by Gasteiger charge is 2.59. The van der Waals surface area contributed by atoms with Crippen LogP contribution in [0.2, 0.25) is 0 Å². The van der Waals surface area contributed by atoms with Crippen molar-refractivity contribution in [3.63, 3.8) is 0 Å². The first-order chi connectivity index (χ1) is 19.3. The number of aliphatic hydroxyl groups is 2. The van der Waals surface area contributed by atoms with Crippen LogP contribution in [0.5, 0.6) is 0 Å². The molecule has 220 valence electrons. The summed E-state index contributed by atoms with van der Waals surface area (Å²) >= 11 is 0. The fraction of sp³-hybridized carbons (Fsp3) is 0.758. The first-order valence-corrected chi connectivity index (χ1v) is 15.9. The van der Waals surface area contributed by atoms with Gasteiger partial charge in [-0.15, -0.1) is 0 Å². The van der Waals surface area contributed by atoms with Crippen molar-refractivity contribution in [1.82, 2.24) is 9.88 Å². The predicted molar refractivity (Wildman–Crippen MR) is 159 cm³/mol. The quantitative estimate of drug-likeness (QED) is 0.286. The number of pyridine rings is 1. The molecule has 1 aromatic rings. The van der Waals surface area contributed by atoms with Gasteiger partial charge in [-0.2, -0.15) is 0 Å². The van der Waals surface area contributed by atoms with Crippen molar-refractivity contribution in [2.75, 3.05) is 44.2 Å². The van der Waals surface area contributed by atoms with E-state index in [0.29, 0.717) is 12.5 Å². The summed E-state index contributed by atoms with van der Waals surface area (Å²) in [7, 11) is 0. The third kappa shape index (κ3) is 5.22. The number of allylic oxidation sites excluding steroid dienone is 1. The molecule has 2 N–H and O–H groups in total. The highest BCUT2D eigenvalue weighted by molar-refractivity contribution is 5.85. The maximum atomic E-state index is 10.7. The van der Waals surface area contributed by atoms with E-state index >= 15 is 0 Å². The van der Waals surface area contributed by atoms with Crippen LogP contribution in [0.1, 0.15) is 72.1 Å². The van der Waals surface area contributed by atoms with E-state index in [2.05, 4.69) is 52.9 Å². The molecule has 8 unspecified atom stereocenters. The standard InChI is InChI=1S/C33H50N4O3/c1-23(35-40-22-26(39)21-36-16-18-37(19-17-36)31-6-4-5-15-34-31)28-9-10-29-27-8-7-24-20-25(38)11-13-32(24,2)30(27)12-14-33(28,29)3/h4-7,15,25-30,38-39H,8-14,16-22H2,1-3H3/b35-23-. The minimum atomic E-state index is -0.543. The molecule has 5 aliphatic rings. The zero-order valence-electron chi connectivity index (χ0n) is 24.8. The molecule has 8 atom stereocenters. The van der Waals surface area contributed by atoms with Crippen molar-refractivity contribution in [2.24, 2.45) is 39.7 Å². The first kappa shape index (κ1) is 28.2. The Bertz CT molecular complexity index is 1090. The number of rotatable bonds is 7. The lowest BCUT2D eigenvalue weighted by Crippen LogP contribution is -2.50. The van der Waals surface area contributed by atoms with Crippen molar-refractivity contribution in [1.29, 1.82) is 0 Å². The average molecular weight is 551 g/mol. The molecule has 6 rings (SSSR count). The summed E-state index contributed by atoms with van der Waals surface area (Å²) in [6, 6.07) is 6.03. The van der Waals surface area contributed by atoms with Crippen LogP contribution in [-0.4, -0.2) is 77.3 Å². The molecule has 7 heteroatoms. The lowest BCUT2D eigenvalue weighted by Gasteiger charge is -2.58. The lowest BCUT2D eigenvalue weighted by molar-refractivity contribution is -0.0429. The van der Waals surface area contributed by atoms with E-state index in [9.17, 15) is 10.2 Å². The zero-order valence-corrected chi connectivity index (χ0v) is 24.8. The van der Waals surface area contributed by atoms with Crippen molar-refractivity contribution < 1.29 is 15.1 Å². The minimum Gasteiger partial charge on any atom is -0.393 e. The van der Waals surface area contributed by atoms with Crippen molar-refractivity contribution >= 4 is 11.5 Å². The van der Waals surface area contributed by atoms with Crippen LogP contribution in [0.15, 0.2) is 41.2 Å². The monoisotopic (exact) mass is 550 g/mol. The Balaban J connectivity index is 1.00. The molecule has 0 radical (unpaired) electrons. The van der Waals surface area contributed by atoms with E-state index in [4.69, 9.17) is 4.84 Å². The molecule has 4 aliphatic carbocycles. The van der Waals surface area contributed by atoms with Gasteiger partial charge in [0.05, 0.1) is 11.8 Å². The number of anilines is 1. The number of oxime groups is 1. The van der Waals surface area contributed by atoms with E-state index in [1.165, 1.54) is 32.1 Å². The molecule has 4 fully saturated rings. The summed E-state index contributed by atoms with van der Waals surface area (Å²) in [6.45, 7) is 11.7. The summed E-state index contributed by atoms with van der Waals surface area (Å²) < 4.78 is 0. The number of aromatic nitrogens is 1. The number of hydrogen-bond acceptors (Lipinski definition) is 7. The summed E-state index contributed by atoms with van der Waals surface area (Å²) in [4.78, 5) is 14.9. The summed E-state index contributed by atoms with van der Waals surface area (Å²) in [5.74, 6) is 3.73. The minimum absolute atomic E-state index is 0.139. The molecule has 3 saturated carbocycles. The summed E-state index contributed by atoms with van der Waals surface area (Å²) in [5, 5.41) is 25.6. The molecule has 0 bridgehead atoms. The van der Waals surface area contributed by atoms with E-state index < -0.39 is 6.10 Å². The van der Waals surface area contributed by atoms with Gasteiger partial charge in [0.25, 0.3) is 0 Å². The van der Waals surface area contributed by atoms with Gasteiger partial charge in [0.2, 0.25) is 0 Å². The van der Waals surface area contributed by atoms with Gasteiger partial charge in [0, 0.05) is 44.8 Å². The average Bonchev–Trinajstić information content (AvgIpc) is 3.31. The Morgan fingerprint density at radius 3 is 2.70 bits per heavy atom.